The highest BCUT2D eigenvalue weighted by Crippen LogP contribution is 2.31. The molecule has 78 valence electrons. The van der Waals surface area contributed by atoms with Gasteiger partial charge in [-0.25, -0.2) is 0 Å². The summed E-state index contributed by atoms with van der Waals surface area (Å²) in [5.41, 5.74) is 0.580. The molecular weight excluding hydrogens is 186 g/mol. The molecule has 0 atom stereocenters. The fraction of sp³-hybridized carbons (Fsp3) is 0.444. The molecule has 0 saturated carbocycles. The van der Waals surface area contributed by atoms with Crippen LogP contribution in [0.3, 0.4) is 0 Å². The summed E-state index contributed by atoms with van der Waals surface area (Å²) in [4.78, 5) is 4.01. The number of aliphatic hydroxyl groups excluding tert-OH is 1. The van der Waals surface area contributed by atoms with Crippen LogP contribution in [0.25, 0.3) is 0 Å². The van der Waals surface area contributed by atoms with Crippen LogP contribution < -0.4 is 14.2 Å². The summed E-state index contributed by atoms with van der Waals surface area (Å²) in [5, 5.41) is 9.07. The molecule has 5 heteroatoms. The summed E-state index contributed by atoms with van der Waals surface area (Å²) >= 11 is 0. The second-order valence-electron chi connectivity index (χ2n) is 2.52. The minimum atomic E-state index is -0.154. The minimum absolute atomic E-state index is 0.154. The maximum atomic E-state index is 9.07. The molecule has 14 heavy (non-hydrogen) atoms. The highest BCUT2D eigenvalue weighted by molar-refractivity contribution is 5.44. The molecule has 1 rings (SSSR count). The lowest BCUT2D eigenvalue weighted by Gasteiger charge is -2.11. The fourth-order valence-corrected chi connectivity index (χ4v) is 1.11. The summed E-state index contributed by atoms with van der Waals surface area (Å²) < 4.78 is 15.0. The molecule has 0 bridgehead atoms. The van der Waals surface area contributed by atoms with E-state index in [4.69, 9.17) is 19.3 Å². The second-order valence-corrected chi connectivity index (χ2v) is 2.52. The molecule has 0 amide bonds. The molecule has 0 fully saturated rings. The van der Waals surface area contributed by atoms with Crippen molar-refractivity contribution in [2.75, 3.05) is 21.3 Å². The van der Waals surface area contributed by atoms with Crippen molar-refractivity contribution in [1.29, 1.82) is 0 Å². The predicted molar refractivity (Wildman–Crippen MR) is 49.8 cm³/mol. The Hall–Kier alpha value is -1.49. The first kappa shape index (κ1) is 10.6. The normalized spacial score (nSPS) is 9.71. The van der Waals surface area contributed by atoms with E-state index in [1.54, 1.807) is 6.07 Å². The number of methoxy groups -OCH3 is 3. The van der Waals surface area contributed by atoms with Crippen molar-refractivity contribution in [2.45, 2.75) is 6.61 Å². The largest absolute Gasteiger partial charge is 0.491 e. The molecule has 0 saturated heterocycles. The van der Waals surface area contributed by atoms with Gasteiger partial charge in [0.05, 0.1) is 27.9 Å². The number of aromatic nitrogens is 1. The number of nitrogens with zero attached hydrogens (tertiary/aromatic N) is 1. The first-order valence-electron chi connectivity index (χ1n) is 4.03. The average Bonchev–Trinajstić information content (AvgIpc) is 2.26. The molecule has 0 aliphatic carbocycles. The van der Waals surface area contributed by atoms with E-state index in [2.05, 4.69) is 4.98 Å². The lowest BCUT2D eigenvalue weighted by Crippen LogP contribution is -2.00. The summed E-state index contributed by atoms with van der Waals surface area (Å²) in [6.07, 6.45) is 0. The van der Waals surface area contributed by atoms with E-state index in [0.717, 1.165) is 0 Å². The smallest absolute Gasteiger partial charge is 0.260 e. The standard InChI is InChI=1S/C9H13NO4/c1-12-7-4-6(5-11)8(13-2)9(10-7)14-3/h4,11H,5H2,1-3H3. The van der Waals surface area contributed by atoms with E-state index in [-0.39, 0.29) is 6.61 Å². The average molecular weight is 199 g/mol. The predicted octanol–water partition coefficient (Wildman–Crippen LogP) is 0.600. The Bertz CT molecular complexity index is 289. The van der Waals surface area contributed by atoms with Crippen LogP contribution in [-0.4, -0.2) is 31.4 Å². The first-order chi connectivity index (χ1) is 6.76. The van der Waals surface area contributed by atoms with Crippen LogP contribution in [0.4, 0.5) is 0 Å². The number of hydrogen-bond acceptors (Lipinski definition) is 5. The molecule has 5 nitrogen and oxygen atoms in total. The van der Waals surface area contributed by atoms with Crippen LogP contribution in [0.1, 0.15) is 5.56 Å². The van der Waals surface area contributed by atoms with E-state index in [1.165, 1.54) is 21.3 Å². The van der Waals surface area contributed by atoms with Gasteiger partial charge in [0.2, 0.25) is 5.88 Å². The van der Waals surface area contributed by atoms with Crippen molar-refractivity contribution in [3.05, 3.63) is 11.6 Å². The van der Waals surface area contributed by atoms with E-state index in [0.29, 0.717) is 23.1 Å². The van der Waals surface area contributed by atoms with E-state index in [9.17, 15) is 0 Å². The quantitative estimate of drug-likeness (QED) is 0.769. The number of aliphatic hydroxyl groups is 1. The van der Waals surface area contributed by atoms with Gasteiger partial charge in [0, 0.05) is 11.6 Å². The van der Waals surface area contributed by atoms with Crippen LogP contribution in [0.5, 0.6) is 17.5 Å². The van der Waals surface area contributed by atoms with E-state index in [1.807, 2.05) is 0 Å². The number of hydrogen-bond donors (Lipinski definition) is 1. The Labute approximate surface area is 82.2 Å². The van der Waals surface area contributed by atoms with Crippen molar-refractivity contribution >= 4 is 0 Å². The lowest BCUT2D eigenvalue weighted by molar-refractivity contribution is 0.265. The van der Waals surface area contributed by atoms with Crippen LogP contribution in [0, 0.1) is 0 Å². The Morgan fingerprint density at radius 1 is 1.21 bits per heavy atom. The van der Waals surface area contributed by atoms with Crippen molar-refractivity contribution in [3.8, 4) is 17.5 Å². The maximum Gasteiger partial charge on any atom is 0.260 e. The number of ether oxygens (including phenoxy) is 3. The third kappa shape index (κ3) is 1.88. The second kappa shape index (κ2) is 4.66. The summed E-state index contributed by atoms with van der Waals surface area (Å²) in [7, 11) is 4.46. The number of pyridine rings is 1. The fourth-order valence-electron chi connectivity index (χ4n) is 1.11. The van der Waals surface area contributed by atoms with Crippen molar-refractivity contribution in [1.82, 2.24) is 4.98 Å². The molecular formula is C9H13NO4. The monoisotopic (exact) mass is 199 g/mol. The third-order valence-electron chi connectivity index (χ3n) is 1.77. The molecule has 0 unspecified atom stereocenters. The lowest BCUT2D eigenvalue weighted by atomic mass is 10.2. The molecule has 1 heterocycles. The van der Waals surface area contributed by atoms with Crippen LogP contribution in [0.15, 0.2) is 6.07 Å². The molecule has 0 spiro atoms. The highest BCUT2D eigenvalue weighted by Gasteiger charge is 2.13. The van der Waals surface area contributed by atoms with Crippen molar-refractivity contribution < 1.29 is 19.3 Å². The molecule has 0 aliphatic heterocycles. The van der Waals surface area contributed by atoms with Gasteiger partial charge in [0.15, 0.2) is 5.75 Å². The summed E-state index contributed by atoms with van der Waals surface area (Å²) in [6, 6.07) is 1.60. The van der Waals surface area contributed by atoms with Gasteiger partial charge in [-0.1, -0.05) is 0 Å². The minimum Gasteiger partial charge on any atom is -0.491 e. The SMILES string of the molecule is COc1cc(CO)c(OC)c(OC)n1. The molecule has 0 radical (unpaired) electrons. The number of rotatable bonds is 4. The van der Waals surface area contributed by atoms with Crippen molar-refractivity contribution in [3.63, 3.8) is 0 Å². The van der Waals surface area contributed by atoms with Gasteiger partial charge in [-0.05, 0) is 0 Å². The Kier molecular flexibility index (Phi) is 3.53. The van der Waals surface area contributed by atoms with Gasteiger partial charge in [0.1, 0.15) is 0 Å². The molecule has 0 aromatic carbocycles. The Morgan fingerprint density at radius 2 is 1.93 bits per heavy atom. The van der Waals surface area contributed by atoms with Crippen LogP contribution in [-0.2, 0) is 6.61 Å². The zero-order valence-corrected chi connectivity index (χ0v) is 8.40. The Morgan fingerprint density at radius 3 is 2.36 bits per heavy atom. The van der Waals surface area contributed by atoms with E-state index < -0.39 is 0 Å². The van der Waals surface area contributed by atoms with Gasteiger partial charge in [0.25, 0.3) is 5.88 Å². The van der Waals surface area contributed by atoms with Crippen LogP contribution in [0.2, 0.25) is 0 Å². The van der Waals surface area contributed by atoms with Gasteiger partial charge in [-0.3, -0.25) is 0 Å². The third-order valence-corrected chi connectivity index (χ3v) is 1.77. The highest BCUT2D eigenvalue weighted by atomic mass is 16.5. The summed E-state index contributed by atoms with van der Waals surface area (Å²) in [5.74, 6) is 1.11. The maximum absolute atomic E-state index is 9.07. The Balaban J connectivity index is 3.24. The molecule has 1 aromatic heterocycles. The summed E-state index contributed by atoms with van der Waals surface area (Å²) in [6.45, 7) is -0.154. The zero-order valence-electron chi connectivity index (χ0n) is 8.40. The van der Waals surface area contributed by atoms with Gasteiger partial charge in [-0.15, -0.1) is 0 Å². The molecule has 1 N–H and O–H groups in total. The van der Waals surface area contributed by atoms with Gasteiger partial charge >= 0.3 is 0 Å². The zero-order chi connectivity index (χ0) is 10.6. The van der Waals surface area contributed by atoms with Gasteiger partial charge < -0.3 is 19.3 Å². The van der Waals surface area contributed by atoms with Crippen LogP contribution >= 0.6 is 0 Å². The molecule has 1 aromatic rings. The van der Waals surface area contributed by atoms with Gasteiger partial charge in [-0.2, -0.15) is 4.98 Å². The molecule has 0 aliphatic rings. The first-order valence-corrected chi connectivity index (χ1v) is 4.03. The topological polar surface area (TPSA) is 60.8 Å². The van der Waals surface area contributed by atoms with Crippen molar-refractivity contribution in [2.24, 2.45) is 0 Å². The van der Waals surface area contributed by atoms with E-state index >= 15 is 0 Å².